The van der Waals surface area contributed by atoms with E-state index in [1.807, 2.05) is 6.07 Å². The van der Waals surface area contributed by atoms with E-state index in [-0.39, 0.29) is 11.6 Å². The van der Waals surface area contributed by atoms with Gasteiger partial charge in [-0.15, -0.1) is 0 Å². The number of aromatic amines is 1. The lowest BCUT2D eigenvalue weighted by atomic mass is 10.2. The number of anilines is 1. The van der Waals surface area contributed by atoms with Crippen molar-refractivity contribution in [2.24, 2.45) is 0 Å². The molecule has 0 saturated heterocycles. The van der Waals surface area contributed by atoms with Gasteiger partial charge in [0, 0.05) is 16.6 Å². The fourth-order valence-corrected chi connectivity index (χ4v) is 2.69. The number of methoxy groups -OCH3 is 1. The summed E-state index contributed by atoms with van der Waals surface area (Å²) in [6, 6.07) is 7.23. The smallest absolute Gasteiger partial charge is 0.290 e. The van der Waals surface area contributed by atoms with Gasteiger partial charge in [-0.25, -0.2) is 9.97 Å². The van der Waals surface area contributed by atoms with Crippen molar-refractivity contribution in [3.63, 3.8) is 0 Å². The van der Waals surface area contributed by atoms with Gasteiger partial charge in [0.2, 0.25) is 5.82 Å². The van der Waals surface area contributed by atoms with Gasteiger partial charge in [-0.2, -0.15) is 5.26 Å². The number of amides is 1. The number of hydrogen-bond acceptors (Lipinski definition) is 5. The van der Waals surface area contributed by atoms with E-state index in [1.165, 1.54) is 25.6 Å². The van der Waals surface area contributed by atoms with Gasteiger partial charge in [0.1, 0.15) is 6.07 Å². The molecule has 28 heavy (non-hydrogen) atoms. The Hall–Kier alpha value is -3.34. The average molecular weight is 414 g/mol. The summed E-state index contributed by atoms with van der Waals surface area (Å²) in [5.41, 5.74) is 2.00. The predicted molar refractivity (Wildman–Crippen MR) is 108 cm³/mol. The van der Waals surface area contributed by atoms with Crippen molar-refractivity contribution in [2.45, 2.75) is 0 Å². The van der Waals surface area contributed by atoms with Crippen LogP contribution in [0.15, 0.2) is 48.5 Å². The molecule has 0 aliphatic rings. The maximum atomic E-state index is 12.3. The van der Waals surface area contributed by atoms with Gasteiger partial charge in [-0.3, -0.25) is 4.79 Å². The normalized spacial score (nSPS) is 11.6. The Kier molecular flexibility index (Phi) is 5.94. The number of carbonyl (C=O) groups excluding carboxylic acids is 1. The van der Waals surface area contributed by atoms with Crippen molar-refractivity contribution in [3.8, 4) is 6.07 Å². The molecule has 0 radical (unpaired) electrons. The van der Waals surface area contributed by atoms with Crippen LogP contribution in [0.5, 0.6) is 0 Å². The van der Waals surface area contributed by atoms with Crippen LogP contribution in [0.1, 0.15) is 11.5 Å². The fraction of sp³-hybridized carbons (Fsp3) is 0.0526. The third-order valence-electron chi connectivity index (χ3n) is 3.66. The summed E-state index contributed by atoms with van der Waals surface area (Å²) in [6.45, 7) is 0. The maximum Gasteiger partial charge on any atom is 0.290 e. The molecular weight excluding hydrogens is 401 g/mol. The zero-order valence-electron chi connectivity index (χ0n) is 14.5. The highest BCUT2D eigenvalue weighted by Crippen LogP contribution is 2.28. The number of ether oxygens (including phenoxy) is 1. The Labute approximate surface area is 170 Å². The van der Waals surface area contributed by atoms with Crippen molar-refractivity contribution in [2.75, 3.05) is 12.4 Å². The Morgan fingerprint density at radius 1 is 1.25 bits per heavy atom. The van der Waals surface area contributed by atoms with Crippen molar-refractivity contribution < 1.29 is 9.53 Å². The number of H-pyrrole nitrogens is 1. The number of nitriles is 1. The van der Waals surface area contributed by atoms with Crippen LogP contribution < -0.4 is 5.32 Å². The fourth-order valence-electron chi connectivity index (χ4n) is 2.36. The highest BCUT2D eigenvalue weighted by molar-refractivity contribution is 6.42. The molecule has 1 amide bonds. The molecule has 0 fully saturated rings. The van der Waals surface area contributed by atoms with Gasteiger partial charge in [-0.05, 0) is 30.4 Å². The van der Waals surface area contributed by atoms with Crippen LogP contribution in [-0.2, 0) is 9.53 Å². The van der Waals surface area contributed by atoms with Gasteiger partial charge in [0.15, 0.2) is 5.76 Å². The van der Waals surface area contributed by atoms with E-state index in [4.69, 9.17) is 33.2 Å². The van der Waals surface area contributed by atoms with Crippen LogP contribution in [0.25, 0.3) is 17.0 Å². The summed E-state index contributed by atoms with van der Waals surface area (Å²) in [5.74, 6) is -0.372. The predicted octanol–water partition coefficient (Wildman–Crippen LogP) is 4.32. The number of aromatic nitrogens is 3. The van der Waals surface area contributed by atoms with Gasteiger partial charge in [0.05, 0.1) is 35.2 Å². The van der Waals surface area contributed by atoms with E-state index in [1.54, 1.807) is 30.4 Å². The molecule has 0 aliphatic heterocycles. The lowest BCUT2D eigenvalue weighted by Gasteiger charge is -2.06. The van der Waals surface area contributed by atoms with Crippen LogP contribution in [-0.4, -0.2) is 28.0 Å². The molecule has 2 N–H and O–H groups in total. The van der Waals surface area contributed by atoms with Crippen molar-refractivity contribution in [1.29, 1.82) is 5.26 Å². The zero-order valence-corrected chi connectivity index (χ0v) is 16.0. The third-order valence-corrected chi connectivity index (χ3v) is 4.38. The standard InChI is InChI=1S/C19H13Cl2N5O2/c1-28-17(19(27)26-13-9-23-18(8-22)24-10-13)4-2-3-12-5-11-6-14(20)15(21)7-16(11)25-12/h2-7,9-10,25H,1H3,(H,26,27)/b3-2+,17-4+. The van der Waals surface area contributed by atoms with Crippen LogP contribution in [0.4, 0.5) is 5.69 Å². The minimum absolute atomic E-state index is 0.0179. The molecule has 0 bridgehead atoms. The first-order valence-electron chi connectivity index (χ1n) is 7.94. The number of nitrogens with zero attached hydrogens (tertiary/aromatic N) is 3. The van der Waals surface area contributed by atoms with Crippen LogP contribution in [0.3, 0.4) is 0 Å². The van der Waals surface area contributed by atoms with E-state index in [2.05, 4.69) is 20.3 Å². The number of rotatable bonds is 5. The number of benzene rings is 1. The zero-order chi connectivity index (χ0) is 20.1. The second-order valence-electron chi connectivity index (χ2n) is 5.53. The molecule has 0 unspecified atom stereocenters. The monoisotopic (exact) mass is 413 g/mol. The number of hydrogen-bond donors (Lipinski definition) is 2. The Bertz CT molecular complexity index is 1090. The summed E-state index contributed by atoms with van der Waals surface area (Å²) >= 11 is 12.0. The lowest BCUT2D eigenvalue weighted by Crippen LogP contribution is -2.16. The molecule has 3 aromatic rings. The largest absolute Gasteiger partial charge is 0.491 e. The average Bonchev–Trinajstić information content (AvgIpc) is 3.07. The van der Waals surface area contributed by atoms with Crippen LogP contribution in [0.2, 0.25) is 10.0 Å². The van der Waals surface area contributed by atoms with Gasteiger partial charge in [-0.1, -0.05) is 29.3 Å². The first-order valence-corrected chi connectivity index (χ1v) is 8.69. The van der Waals surface area contributed by atoms with Crippen LogP contribution >= 0.6 is 23.2 Å². The molecule has 2 aromatic heterocycles. The summed E-state index contributed by atoms with van der Waals surface area (Å²) in [6.07, 6.45) is 7.65. The molecule has 0 aliphatic carbocycles. The molecule has 1 aromatic carbocycles. The molecular formula is C19H13Cl2N5O2. The van der Waals surface area contributed by atoms with E-state index in [0.717, 1.165) is 16.6 Å². The van der Waals surface area contributed by atoms with Gasteiger partial charge >= 0.3 is 0 Å². The molecule has 2 heterocycles. The summed E-state index contributed by atoms with van der Waals surface area (Å²) in [4.78, 5) is 23.0. The summed E-state index contributed by atoms with van der Waals surface area (Å²) in [5, 5.41) is 13.1. The number of nitrogens with one attached hydrogen (secondary N) is 2. The van der Waals surface area contributed by atoms with Crippen LogP contribution in [0, 0.1) is 11.3 Å². The summed E-state index contributed by atoms with van der Waals surface area (Å²) in [7, 11) is 1.39. The van der Waals surface area contributed by atoms with E-state index < -0.39 is 5.91 Å². The molecule has 0 atom stereocenters. The molecule has 7 nitrogen and oxygen atoms in total. The van der Waals surface area contributed by atoms with E-state index in [9.17, 15) is 4.79 Å². The topological polar surface area (TPSA) is 104 Å². The van der Waals surface area contributed by atoms with E-state index >= 15 is 0 Å². The first kappa shape index (κ1) is 19.4. The Morgan fingerprint density at radius 3 is 2.64 bits per heavy atom. The first-order chi connectivity index (χ1) is 13.5. The number of carbonyl (C=O) groups is 1. The van der Waals surface area contributed by atoms with Crippen molar-refractivity contribution >= 4 is 51.8 Å². The summed E-state index contributed by atoms with van der Waals surface area (Å²) < 4.78 is 5.12. The van der Waals surface area contributed by atoms with Crippen molar-refractivity contribution in [1.82, 2.24) is 15.0 Å². The second-order valence-corrected chi connectivity index (χ2v) is 6.35. The number of fused-ring (bicyclic) bond motifs is 1. The third kappa shape index (κ3) is 4.49. The van der Waals surface area contributed by atoms with E-state index in [0.29, 0.717) is 15.7 Å². The van der Waals surface area contributed by atoms with Gasteiger partial charge in [0.25, 0.3) is 5.91 Å². The number of halogens is 2. The number of allylic oxidation sites excluding steroid dienone is 2. The second kappa shape index (κ2) is 8.57. The SMILES string of the molecule is CO/C(=C/C=C/c1cc2cc(Cl)c(Cl)cc2[nH]1)C(=O)Nc1cnc(C#N)nc1. The van der Waals surface area contributed by atoms with Crippen molar-refractivity contribution in [3.05, 3.63) is 70.1 Å². The maximum absolute atomic E-state index is 12.3. The van der Waals surface area contributed by atoms with Gasteiger partial charge < -0.3 is 15.0 Å². The highest BCUT2D eigenvalue weighted by atomic mass is 35.5. The molecule has 9 heteroatoms. The lowest BCUT2D eigenvalue weighted by molar-refractivity contribution is -0.115. The molecule has 140 valence electrons. The quantitative estimate of drug-likeness (QED) is 0.368. The molecule has 0 saturated carbocycles. The minimum Gasteiger partial charge on any atom is -0.491 e. The highest BCUT2D eigenvalue weighted by Gasteiger charge is 2.10. The minimum atomic E-state index is -0.476. The Balaban J connectivity index is 1.73. The Morgan fingerprint density at radius 2 is 1.96 bits per heavy atom. The molecule has 3 rings (SSSR count). The molecule has 0 spiro atoms.